The largest absolute Gasteiger partial charge is 0.340 e. The maximum Gasteiger partial charge on any atom is 0.340 e. The van der Waals surface area contributed by atoms with Crippen molar-refractivity contribution in [1.82, 2.24) is 25.4 Å². The Morgan fingerprint density at radius 2 is 2.13 bits per heavy atom. The van der Waals surface area contributed by atoms with E-state index < -0.39 is 0 Å². The van der Waals surface area contributed by atoms with Crippen molar-refractivity contribution >= 4 is 5.91 Å². The summed E-state index contributed by atoms with van der Waals surface area (Å²) in [5, 5.41) is 9.09. The van der Waals surface area contributed by atoms with Gasteiger partial charge in [0.2, 0.25) is 5.91 Å². The lowest BCUT2D eigenvalue weighted by molar-refractivity contribution is -0.131. The second-order valence-corrected chi connectivity index (χ2v) is 3.43. The molecule has 2 heterocycles. The number of carbonyl (C=O) groups is 1. The second kappa shape index (κ2) is 4.26. The van der Waals surface area contributed by atoms with Crippen molar-refractivity contribution < 1.29 is 4.79 Å². The minimum atomic E-state index is -0.377. The Morgan fingerprint density at radius 3 is 2.73 bits per heavy atom. The molecule has 3 N–H and O–H groups in total. The van der Waals surface area contributed by atoms with Crippen molar-refractivity contribution in [2.24, 2.45) is 0 Å². The summed E-state index contributed by atoms with van der Waals surface area (Å²) in [5.74, 6) is 0.391. The molecule has 0 atom stereocenters. The maximum atomic E-state index is 11.7. The molecule has 7 nitrogen and oxygen atoms in total. The Morgan fingerprint density at radius 1 is 1.40 bits per heavy atom. The molecule has 1 saturated heterocycles. The highest BCUT2D eigenvalue weighted by molar-refractivity contribution is 5.78. The Kier molecular flexibility index (Phi) is 2.82. The van der Waals surface area contributed by atoms with Crippen LogP contribution in [0, 0.1) is 0 Å². The van der Waals surface area contributed by atoms with E-state index in [9.17, 15) is 9.59 Å². The fraction of sp³-hybridized carbons (Fsp3) is 0.625. The third-order valence-corrected chi connectivity index (χ3v) is 2.34. The molecule has 15 heavy (non-hydrogen) atoms. The zero-order valence-electron chi connectivity index (χ0n) is 8.25. The number of carbonyl (C=O) groups excluding carboxylic acids is 1. The molecule has 1 aromatic rings. The van der Waals surface area contributed by atoms with Gasteiger partial charge in [0.05, 0.1) is 6.42 Å². The van der Waals surface area contributed by atoms with Gasteiger partial charge in [-0.15, -0.1) is 0 Å². The monoisotopic (exact) mass is 211 g/mol. The van der Waals surface area contributed by atoms with Gasteiger partial charge in [-0.25, -0.2) is 9.89 Å². The number of hydrogen-bond acceptors (Lipinski definition) is 4. The maximum absolute atomic E-state index is 11.7. The summed E-state index contributed by atoms with van der Waals surface area (Å²) >= 11 is 0. The van der Waals surface area contributed by atoms with Gasteiger partial charge in [-0.2, -0.15) is 5.10 Å². The van der Waals surface area contributed by atoms with Crippen LogP contribution < -0.4 is 11.0 Å². The van der Waals surface area contributed by atoms with Crippen LogP contribution in [0.5, 0.6) is 0 Å². The smallest absolute Gasteiger partial charge is 0.340 e. The van der Waals surface area contributed by atoms with E-state index in [-0.39, 0.29) is 18.0 Å². The predicted molar refractivity (Wildman–Crippen MR) is 52.4 cm³/mol. The first-order valence-corrected chi connectivity index (χ1v) is 4.88. The summed E-state index contributed by atoms with van der Waals surface area (Å²) in [6, 6.07) is 0. The average molecular weight is 211 g/mol. The van der Waals surface area contributed by atoms with Crippen LogP contribution in [0.4, 0.5) is 0 Å². The van der Waals surface area contributed by atoms with Gasteiger partial charge >= 0.3 is 5.69 Å². The van der Waals surface area contributed by atoms with Crippen molar-refractivity contribution in [3.8, 4) is 0 Å². The molecule has 1 aliphatic heterocycles. The molecule has 0 aromatic carbocycles. The summed E-state index contributed by atoms with van der Waals surface area (Å²) < 4.78 is 0. The Hall–Kier alpha value is -1.63. The molecule has 1 aliphatic rings. The van der Waals surface area contributed by atoms with E-state index in [1.807, 2.05) is 0 Å². The van der Waals surface area contributed by atoms with Crippen molar-refractivity contribution in [2.75, 3.05) is 26.2 Å². The quantitative estimate of drug-likeness (QED) is 0.531. The lowest BCUT2D eigenvalue weighted by Gasteiger charge is -2.27. The second-order valence-electron chi connectivity index (χ2n) is 3.43. The van der Waals surface area contributed by atoms with Crippen LogP contribution in [-0.2, 0) is 11.2 Å². The molecule has 7 heteroatoms. The van der Waals surface area contributed by atoms with Gasteiger partial charge in [0.25, 0.3) is 0 Å². The number of nitrogens with zero attached hydrogens (tertiary/aromatic N) is 2. The SMILES string of the molecule is O=C(Cc1n[nH]c(=O)[nH]1)N1CCNCC1. The molecule has 1 aromatic heterocycles. The number of rotatable bonds is 2. The van der Waals surface area contributed by atoms with Crippen LogP contribution >= 0.6 is 0 Å². The first-order valence-electron chi connectivity index (χ1n) is 4.88. The fourth-order valence-electron chi connectivity index (χ4n) is 1.56. The third-order valence-electron chi connectivity index (χ3n) is 2.34. The lowest BCUT2D eigenvalue weighted by Crippen LogP contribution is -2.47. The molecule has 1 amide bonds. The first kappa shape index (κ1) is 9.91. The topological polar surface area (TPSA) is 93.9 Å². The van der Waals surface area contributed by atoms with Crippen LogP contribution in [0.2, 0.25) is 0 Å². The van der Waals surface area contributed by atoms with E-state index >= 15 is 0 Å². The van der Waals surface area contributed by atoms with Gasteiger partial charge < -0.3 is 10.2 Å². The molecule has 0 aliphatic carbocycles. The van der Waals surface area contributed by atoms with Gasteiger partial charge in [-0.1, -0.05) is 0 Å². The zero-order chi connectivity index (χ0) is 10.7. The number of H-pyrrole nitrogens is 2. The molecule has 0 bridgehead atoms. The van der Waals surface area contributed by atoms with E-state index in [1.165, 1.54) is 0 Å². The Labute approximate surface area is 85.9 Å². The molecule has 0 radical (unpaired) electrons. The molecule has 2 rings (SSSR count). The van der Waals surface area contributed by atoms with Gasteiger partial charge in [0.15, 0.2) is 0 Å². The molecule has 0 saturated carbocycles. The molecule has 82 valence electrons. The van der Waals surface area contributed by atoms with E-state index in [0.717, 1.165) is 13.1 Å². The summed E-state index contributed by atoms with van der Waals surface area (Å²) in [6.07, 6.45) is 0.152. The predicted octanol–water partition coefficient (Wildman–Crippen LogP) is -1.93. The van der Waals surface area contributed by atoms with Crippen molar-refractivity contribution in [2.45, 2.75) is 6.42 Å². The minimum Gasteiger partial charge on any atom is -0.340 e. The van der Waals surface area contributed by atoms with Crippen LogP contribution in [-0.4, -0.2) is 52.2 Å². The average Bonchev–Trinajstić information content (AvgIpc) is 2.65. The standard InChI is InChI=1S/C8H13N5O2/c14-7(13-3-1-9-2-4-13)5-6-10-8(15)12-11-6/h9H,1-5H2,(H2,10,11,12,15). The van der Waals surface area contributed by atoms with Gasteiger partial charge in [0, 0.05) is 26.2 Å². The molecule has 0 unspecified atom stereocenters. The normalized spacial score (nSPS) is 16.7. The lowest BCUT2D eigenvalue weighted by atomic mass is 10.3. The molecule has 0 spiro atoms. The van der Waals surface area contributed by atoms with Gasteiger partial charge in [-0.05, 0) is 0 Å². The highest BCUT2D eigenvalue weighted by Gasteiger charge is 2.17. The van der Waals surface area contributed by atoms with Gasteiger partial charge in [0.1, 0.15) is 5.82 Å². The van der Waals surface area contributed by atoms with Gasteiger partial charge in [-0.3, -0.25) is 9.78 Å². The number of piperazine rings is 1. The Balaban J connectivity index is 1.93. The van der Waals surface area contributed by atoms with Crippen LogP contribution in [0.15, 0.2) is 4.79 Å². The highest BCUT2D eigenvalue weighted by atomic mass is 16.2. The van der Waals surface area contributed by atoms with Crippen LogP contribution in [0.3, 0.4) is 0 Å². The van der Waals surface area contributed by atoms with E-state index in [4.69, 9.17) is 0 Å². The van der Waals surface area contributed by atoms with E-state index in [1.54, 1.807) is 4.90 Å². The minimum absolute atomic E-state index is 0.000694. The Bertz CT molecular complexity index is 390. The van der Waals surface area contributed by atoms with Crippen LogP contribution in [0.1, 0.15) is 5.82 Å². The van der Waals surface area contributed by atoms with E-state index in [0.29, 0.717) is 18.9 Å². The highest BCUT2D eigenvalue weighted by Crippen LogP contribution is 1.97. The number of amides is 1. The number of nitrogens with one attached hydrogen (secondary N) is 3. The van der Waals surface area contributed by atoms with Crippen LogP contribution in [0.25, 0.3) is 0 Å². The zero-order valence-corrected chi connectivity index (χ0v) is 8.25. The summed E-state index contributed by atoms with van der Waals surface area (Å²) in [6.45, 7) is 3.08. The summed E-state index contributed by atoms with van der Waals surface area (Å²) in [5.41, 5.74) is -0.377. The van der Waals surface area contributed by atoms with E-state index in [2.05, 4.69) is 20.5 Å². The first-order chi connectivity index (χ1) is 7.25. The fourth-order valence-corrected chi connectivity index (χ4v) is 1.56. The van der Waals surface area contributed by atoms with Crippen molar-refractivity contribution in [3.63, 3.8) is 0 Å². The summed E-state index contributed by atoms with van der Waals surface area (Å²) in [7, 11) is 0. The van der Waals surface area contributed by atoms with Crippen molar-refractivity contribution in [3.05, 3.63) is 16.3 Å². The molecule has 1 fully saturated rings. The number of aromatic nitrogens is 3. The molecular formula is C8H13N5O2. The number of hydrogen-bond donors (Lipinski definition) is 3. The molecular weight excluding hydrogens is 198 g/mol. The summed E-state index contributed by atoms with van der Waals surface area (Å²) in [4.78, 5) is 26.7. The number of aromatic amines is 2. The third kappa shape index (κ3) is 2.44. The van der Waals surface area contributed by atoms with Crippen molar-refractivity contribution in [1.29, 1.82) is 0 Å².